The van der Waals surface area contributed by atoms with Gasteiger partial charge in [-0.3, -0.25) is 0 Å². The second kappa shape index (κ2) is 7.40. The van der Waals surface area contributed by atoms with Crippen LogP contribution in [0.15, 0.2) is 41.4 Å². The number of carbonyl (C=O) groups is 1. The van der Waals surface area contributed by atoms with Crippen molar-refractivity contribution in [2.24, 2.45) is 0 Å². The van der Waals surface area contributed by atoms with Crippen LogP contribution in [-0.2, 0) is 14.3 Å². The van der Waals surface area contributed by atoms with Crippen LogP contribution in [0.3, 0.4) is 0 Å². The first kappa shape index (κ1) is 15.0. The van der Waals surface area contributed by atoms with Crippen LogP contribution in [0.4, 0.5) is 0 Å². The van der Waals surface area contributed by atoms with Crippen molar-refractivity contribution in [1.29, 1.82) is 0 Å². The van der Waals surface area contributed by atoms with E-state index >= 15 is 0 Å². The Balaban J connectivity index is 2.40. The zero-order valence-corrected chi connectivity index (χ0v) is 12.6. The number of hydrogen-bond acceptors (Lipinski definition) is 5. The van der Waals surface area contributed by atoms with Gasteiger partial charge in [0, 0.05) is 5.38 Å². The van der Waals surface area contributed by atoms with E-state index in [1.165, 1.54) is 31.8 Å². The van der Waals surface area contributed by atoms with Crippen LogP contribution >= 0.6 is 11.3 Å². The lowest BCUT2D eigenvalue weighted by atomic mass is 10.00. The van der Waals surface area contributed by atoms with Gasteiger partial charge in [0.2, 0.25) is 0 Å². The maximum atomic E-state index is 11.9. The average molecular weight is 301 g/mol. The predicted molar refractivity (Wildman–Crippen MR) is 84.5 cm³/mol. The quantitative estimate of drug-likeness (QED) is 0.482. The fraction of sp³-hybridized carbons (Fsp3) is 0.125. The van der Waals surface area contributed by atoms with Gasteiger partial charge in [-0.2, -0.15) is 0 Å². The number of carbonyl (C=O) groups excluding carboxylic acids is 1. The smallest absolute Gasteiger partial charge is 0.341 e. The van der Waals surface area contributed by atoms with Crippen LogP contribution in [0.25, 0.3) is 17.7 Å². The van der Waals surface area contributed by atoms with Crippen LogP contribution in [0, 0.1) is 0 Å². The number of hydrogen-bond donors (Lipinski definition) is 0. The van der Waals surface area contributed by atoms with Gasteiger partial charge in [0.15, 0.2) is 0 Å². The summed E-state index contributed by atoms with van der Waals surface area (Å²) in [7, 11) is 2.84. The Morgan fingerprint density at radius 1 is 1.24 bits per heavy atom. The Kier molecular flexibility index (Phi) is 5.29. The third kappa shape index (κ3) is 3.79. The van der Waals surface area contributed by atoms with Gasteiger partial charge < -0.3 is 9.47 Å². The van der Waals surface area contributed by atoms with Crippen LogP contribution in [0.5, 0.6) is 0 Å². The minimum absolute atomic E-state index is 0.374. The molecule has 0 aliphatic heterocycles. The molecule has 0 saturated heterocycles. The molecule has 0 fully saturated rings. The standard InChI is InChI=1S/C16H15NO3S/c1-19-9-15(16(18)20-2)14-6-4-3-5-12(14)7-8-13-10-21-11-17-13/h3-11H,1-2H3/b8-7+,15-9+. The number of methoxy groups -OCH3 is 2. The summed E-state index contributed by atoms with van der Waals surface area (Å²) < 4.78 is 9.79. The molecule has 0 bridgehead atoms. The molecular formula is C16H15NO3S. The molecule has 108 valence electrons. The van der Waals surface area contributed by atoms with E-state index in [0.29, 0.717) is 5.57 Å². The molecule has 4 nitrogen and oxygen atoms in total. The SMILES string of the molecule is CO/C=C(/C(=O)OC)c1ccccc1/C=C/c1cscn1. The highest BCUT2D eigenvalue weighted by Gasteiger charge is 2.15. The maximum Gasteiger partial charge on any atom is 0.341 e. The lowest BCUT2D eigenvalue weighted by molar-refractivity contribution is -0.133. The Morgan fingerprint density at radius 3 is 2.71 bits per heavy atom. The van der Waals surface area contributed by atoms with Crippen molar-refractivity contribution < 1.29 is 14.3 Å². The fourth-order valence-corrected chi connectivity index (χ4v) is 2.34. The largest absolute Gasteiger partial charge is 0.503 e. The Labute approximate surface area is 127 Å². The van der Waals surface area contributed by atoms with Gasteiger partial charge in [-0.05, 0) is 17.2 Å². The third-order valence-electron chi connectivity index (χ3n) is 2.78. The highest BCUT2D eigenvalue weighted by molar-refractivity contribution is 7.07. The number of aromatic nitrogens is 1. The monoisotopic (exact) mass is 301 g/mol. The average Bonchev–Trinajstić information content (AvgIpc) is 3.04. The lowest BCUT2D eigenvalue weighted by Crippen LogP contribution is -2.05. The molecule has 1 aromatic carbocycles. The van der Waals surface area contributed by atoms with Gasteiger partial charge in [-0.15, -0.1) is 11.3 Å². The highest BCUT2D eigenvalue weighted by Crippen LogP contribution is 2.22. The molecule has 1 aromatic heterocycles. The molecule has 5 heteroatoms. The molecule has 0 spiro atoms. The summed E-state index contributed by atoms with van der Waals surface area (Å²) in [6.07, 6.45) is 5.20. The summed E-state index contributed by atoms with van der Waals surface area (Å²) in [5.41, 5.74) is 4.66. The predicted octanol–water partition coefficient (Wildman–Crippen LogP) is 3.47. The molecule has 0 aliphatic carbocycles. The molecule has 0 saturated carbocycles. The molecule has 2 aromatic rings. The summed E-state index contributed by atoms with van der Waals surface area (Å²) in [4.78, 5) is 16.1. The van der Waals surface area contributed by atoms with Crippen molar-refractivity contribution in [3.63, 3.8) is 0 Å². The molecule has 0 aliphatic rings. The minimum atomic E-state index is -0.439. The Morgan fingerprint density at radius 2 is 2.05 bits per heavy atom. The van der Waals surface area contributed by atoms with E-state index in [1.54, 1.807) is 5.51 Å². The van der Waals surface area contributed by atoms with E-state index in [4.69, 9.17) is 9.47 Å². The van der Waals surface area contributed by atoms with E-state index in [9.17, 15) is 4.79 Å². The zero-order valence-electron chi connectivity index (χ0n) is 11.8. The summed E-state index contributed by atoms with van der Waals surface area (Å²) in [5.74, 6) is -0.439. The molecule has 0 amide bonds. The molecule has 2 rings (SSSR count). The summed E-state index contributed by atoms with van der Waals surface area (Å²) in [6, 6.07) is 7.54. The first-order chi connectivity index (χ1) is 10.3. The van der Waals surface area contributed by atoms with Gasteiger partial charge in [0.05, 0.1) is 31.7 Å². The lowest BCUT2D eigenvalue weighted by Gasteiger charge is -2.08. The topological polar surface area (TPSA) is 48.4 Å². The molecule has 0 atom stereocenters. The first-order valence-electron chi connectivity index (χ1n) is 6.23. The number of rotatable bonds is 5. The van der Waals surface area contributed by atoms with Gasteiger partial charge in [-0.1, -0.05) is 30.3 Å². The summed E-state index contributed by atoms with van der Waals surface area (Å²) >= 11 is 1.53. The summed E-state index contributed by atoms with van der Waals surface area (Å²) in [5, 5.41) is 1.95. The van der Waals surface area contributed by atoms with Gasteiger partial charge >= 0.3 is 5.97 Å². The van der Waals surface area contributed by atoms with E-state index in [1.807, 2.05) is 41.8 Å². The van der Waals surface area contributed by atoms with Crippen molar-refractivity contribution in [2.45, 2.75) is 0 Å². The van der Waals surface area contributed by atoms with E-state index < -0.39 is 5.97 Å². The van der Waals surface area contributed by atoms with Crippen molar-refractivity contribution in [2.75, 3.05) is 14.2 Å². The summed E-state index contributed by atoms with van der Waals surface area (Å²) in [6.45, 7) is 0. The number of esters is 1. The number of thiazole rings is 1. The van der Waals surface area contributed by atoms with Gasteiger partial charge in [0.1, 0.15) is 5.57 Å². The molecule has 21 heavy (non-hydrogen) atoms. The Bertz CT molecular complexity index is 660. The Hall–Kier alpha value is -2.40. The molecule has 1 heterocycles. The normalized spacial score (nSPS) is 11.6. The molecular weight excluding hydrogens is 286 g/mol. The van der Waals surface area contributed by atoms with Crippen LogP contribution < -0.4 is 0 Å². The molecule has 0 radical (unpaired) electrons. The first-order valence-corrected chi connectivity index (χ1v) is 7.17. The molecule has 0 unspecified atom stereocenters. The van der Waals surface area contributed by atoms with Crippen LogP contribution in [-0.4, -0.2) is 25.2 Å². The highest BCUT2D eigenvalue weighted by atomic mass is 32.1. The van der Waals surface area contributed by atoms with Crippen molar-refractivity contribution in [3.8, 4) is 0 Å². The minimum Gasteiger partial charge on any atom is -0.503 e. The zero-order chi connectivity index (χ0) is 15.1. The van der Waals surface area contributed by atoms with Gasteiger partial charge in [0.25, 0.3) is 0 Å². The fourth-order valence-electron chi connectivity index (χ4n) is 1.82. The third-order valence-corrected chi connectivity index (χ3v) is 3.38. The second-order valence-corrected chi connectivity index (χ2v) is 4.81. The number of ether oxygens (including phenoxy) is 2. The van der Waals surface area contributed by atoms with Crippen molar-refractivity contribution >= 4 is 35.0 Å². The van der Waals surface area contributed by atoms with Crippen LogP contribution in [0.2, 0.25) is 0 Å². The van der Waals surface area contributed by atoms with Crippen LogP contribution in [0.1, 0.15) is 16.8 Å². The van der Waals surface area contributed by atoms with E-state index in [2.05, 4.69) is 4.98 Å². The van der Waals surface area contributed by atoms with E-state index in [-0.39, 0.29) is 0 Å². The maximum absolute atomic E-state index is 11.9. The number of benzene rings is 1. The van der Waals surface area contributed by atoms with Crippen molar-refractivity contribution in [3.05, 3.63) is 58.2 Å². The second-order valence-electron chi connectivity index (χ2n) is 4.09. The molecule has 0 N–H and O–H groups in total. The van der Waals surface area contributed by atoms with E-state index in [0.717, 1.165) is 16.8 Å². The van der Waals surface area contributed by atoms with Gasteiger partial charge in [-0.25, -0.2) is 9.78 Å². The number of nitrogens with zero attached hydrogens (tertiary/aromatic N) is 1. The van der Waals surface area contributed by atoms with Crippen molar-refractivity contribution in [1.82, 2.24) is 4.98 Å².